The van der Waals surface area contributed by atoms with E-state index in [4.69, 9.17) is 4.74 Å². The fourth-order valence-electron chi connectivity index (χ4n) is 3.33. The van der Waals surface area contributed by atoms with Crippen molar-refractivity contribution in [2.45, 2.75) is 44.3 Å². The number of carbonyl (C=O) groups is 1. The van der Waals surface area contributed by atoms with Gasteiger partial charge in [-0.25, -0.2) is 0 Å². The highest BCUT2D eigenvalue weighted by molar-refractivity contribution is 5.74. The van der Waals surface area contributed by atoms with Gasteiger partial charge in [0.2, 0.25) is 0 Å². The second-order valence-electron chi connectivity index (χ2n) is 5.36. The molecule has 3 rings (SSSR count). The van der Waals surface area contributed by atoms with E-state index in [0.717, 1.165) is 32.1 Å². The average molecular weight is 222 g/mol. The number of fused-ring (bicyclic) bond motifs is 2. The van der Waals surface area contributed by atoms with Crippen LogP contribution in [0.25, 0.3) is 0 Å². The lowest BCUT2D eigenvalue weighted by atomic mass is 9.94. The van der Waals surface area contributed by atoms with E-state index in [1.54, 1.807) is 0 Å². The zero-order chi connectivity index (χ0) is 11.1. The van der Waals surface area contributed by atoms with Gasteiger partial charge in [0.05, 0.1) is 12.0 Å². The lowest BCUT2D eigenvalue weighted by Gasteiger charge is -2.21. The Labute approximate surface area is 95.5 Å². The minimum Gasteiger partial charge on any atom is -0.459 e. The summed E-state index contributed by atoms with van der Waals surface area (Å²) in [7, 11) is 0. The molecule has 0 aromatic heterocycles. The topological polar surface area (TPSA) is 46.5 Å². The fourth-order valence-corrected chi connectivity index (χ4v) is 3.33. The van der Waals surface area contributed by atoms with Gasteiger partial charge >= 0.3 is 5.97 Å². The normalized spacial score (nSPS) is 45.2. The van der Waals surface area contributed by atoms with Gasteiger partial charge in [0.15, 0.2) is 0 Å². The second-order valence-corrected chi connectivity index (χ2v) is 5.36. The van der Waals surface area contributed by atoms with Gasteiger partial charge in [-0.05, 0) is 43.9 Å². The van der Waals surface area contributed by atoms with Crippen LogP contribution in [0.5, 0.6) is 0 Å². The molecule has 3 heteroatoms. The van der Waals surface area contributed by atoms with Crippen molar-refractivity contribution < 1.29 is 14.6 Å². The van der Waals surface area contributed by atoms with E-state index in [1.165, 1.54) is 0 Å². The Morgan fingerprint density at radius 3 is 2.69 bits per heavy atom. The van der Waals surface area contributed by atoms with Crippen molar-refractivity contribution >= 4 is 5.97 Å². The molecule has 3 aliphatic carbocycles. The number of aliphatic hydroxyl groups excluding tert-OH is 1. The van der Waals surface area contributed by atoms with Gasteiger partial charge in [-0.2, -0.15) is 0 Å². The van der Waals surface area contributed by atoms with Gasteiger partial charge in [0, 0.05) is 0 Å². The van der Waals surface area contributed by atoms with E-state index in [0.29, 0.717) is 11.8 Å². The Morgan fingerprint density at radius 2 is 2.12 bits per heavy atom. The van der Waals surface area contributed by atoms with Crippen LogP contribution in [0.2, 0.25) is 0 Å². The quantitative estimate of drug-likeness (QED) is 0.571. The summed E-state index contributed by atoms with van der Waals surface area (Å²) in [4.78, 5) is 12.0. The van der Waals surface area contributed by atoms with Gasteiger partial charge in [-0.3, -0.25) is 4.79 Å². The van der Waals surface area contributed by atoms with Crippen LogP contribution in [0, 0.1) is 17.8 Å². The van der Waals surface area contributed by atoms with Crippen LogP contribution in [0.3, 0.4) is 0 Å². The third-order valence-electron chi connectivity index (χ3n) is 4.27. The van der Waals surface area contributed by atoms with E-state index in [1.807, 2.05) is 0 Å². The first kappa shape index (κ1) is 10.3. The molecule has 0 aromatic rings. The Kier molecular flexibility index (Phi) is 2.51. The molecular formula is C13H18O3. The molecule has 16 heavy (non-hydrogen) atoms. The van der Waals surface area contributed by atoms with Gasteiger partial charge in [-0.1, -0.05) is 12.2 Å². The molecule has 3 nitrogen and oxygen atoms in total. The monoisotopic (exact) mass is 222 g/mol. The van der Waals surface area contributed by atoms with Gasteiger partial charge in [0.25, 0.3) is 0 Å². The maximum absolute atomic E-state index is 12.0. The molecule has 2 fully saturated rings. The molecule has 3 aliphatic rings. The molecule has 88 valence electrons. The summed E-state index contributed by atoms with van der Waals surface area (Å²) in [6, 6.07) is 0. The number of ether oxygens (including phenoxy) is 1. The SMILES string of the molecule is O=C(OC1CCCC1O)C1CC2C=CC1C2. The number of hydrogen-bond donors (Lipinski definition) is 1. The zero-order valence-electron chi connectivity index (χ0n) is 9.34. The molecule has 1 N–H and O–H groups in total. The van der Waals surface area contributed by atoms with Crippen molar-refractivity contribution in [1.29, 1.82) is 0 Å². The van der Waals surface area contributed by atoms with Crippen molar-refractivity contribution in [2.24, 2.45) is 17.8 Å². The highest BCUT2D eigenvalue weighted by Crippen LogP contribution is 2.44. The third kappa shape index (κ3) is 1.67. The molecule has 0 amide bonds. The molecular weight excluding hydrogens is 204 g/mol. The maximum atomic E-state index is 12.0. The molecule has 0 spiro atoms. The number of rotatable bonds is 2. The molecule has 0 radical (unpaired) electrons. The number of esters is 1. The smallest absolute Gasteiger partial charge is 0.309 e. The van der Waals surface area contributed by atoms with Crippen LogP contribution in [0.4, 0.5) is 0 Å². The standard InChI is InChI=1S/C13H18O3/c14-11-2-1-3-12(11)16-13(15)10-7-8-4-5-9(10)6-8/h4-5,8-12,14H,1-3,6-7H2. The summed E-state index contributed by atoms with van der Waals surface area (Å²) in [5, 5.41) is 9.62. The van der Waals surface area contributed by atoms with E-state index >= 15 is 0 Å². The van der Waals surface area contributed by atoms with Gasteiger partial charge < -0.3 is 9.84 Å². The van der Waals surface area contributed by atoms with Crippen molar-refractivity contribution in [2.75, 3.05) is 0 Å². The number of carbonyl (C=O) groups excluding carboxylic acids is 1. The first-order chi connectivity index (χ1) is 7.74. The minimum absolute atomic E-state index is 0.0581. The van der Waals surface area contributed by atoms with Crippen LogP contribution in [-0.4, -0.2) is 23.3 Å². The van der Waals surface area contributed by atoms with Crippen molar-refractivity contribution in [3.8, 4) is 0 Å². The first-order valence-electron chi connectivity index (χ1n) is 6.31. The highest BCUT2D eigenvalue weighted by atomic mass is 16.6. The lowest BCUT2D eigenvalue weighted by molar-refractivity contribution is -0.159. The average Bonchev–Trinajstić information content (AvgIpc) is 2.95. The second kappa shape index (κ2) is 3.88. The predicted octanol–water partition coefficient (Wildman–Crippen LogP) is 1.66. The summed E-state index contributed by atoms with van der Waals surface area (Å²) in [5.74, 6) is 0.970. The fraction of sp³-hybridized carbons (Fsp3) is 0.769. The van der Waals surface area contributed by atoms with Crippen molar-refractivity contribution in [3.63, 3.8) is 0 Å². The van der Waals surface area contributed by atoms with Crippen LogP contribution >= 0.6 is 0 Å². The minimum atomic E-state index is -0.432. The summed E-state index contributed by atoms with van der Waals surface area (Å²) in [5.41, 5.74) is 0. The zero-order valence-corrected chi connectivity index (χ0v) is 9.34. The Hall–Kier alpha value is -0.830. The first-order valence-corrected chi connectivity index (χ1v) is 6.31. The van der Waals surface area contributed by atoms with Crippen molar-refractivity contribution in [1.82, 2.24) is 0 Å². The van der Waals surface area contributed by atoms with E-state index < -0.39 is 6.10 Å². The summed E-state index contributed by atoms with van der Waals surface area (Å²) < 4.78 is 5.44. The van der Waals surface area contributed by atoms with Gasteiger partial charge in [0.1, 0.15) is 6.10 Å². The highest BCUT2D eigenvalue weighted by Gasteiger charge is 2.42. The summed E-state index contributed by atoms with van der Waals surface area (Å²) in [6.45, 7) is 0. The molecule has 2 saturated carbocycles. The number of aliphatic hydroxyl groups is 1. The van der Waals surface area contributed by atoms with Gasteiger partial charge in [-0.15, -0.1) is 0 Å². The number of allylic oxidation sites excluding steroid dienone is 2. The molecule has 0 heterocycles. The molecule has 5 atom stereocenters. The predicted molar refractivity (Wildman–Crippen MR) is 58.6 cm³/mol. The molecule has 2 bridgehead atoms. The molecule has 0 saturated heterocycles. The molecule has 0 aliphatic heterocycles. The Bertz CT molecular complexity index is 323. The van der Waals surface area contributed by atoms with E-state index in [-0.39, 0.29) is 18.0 Å². The Morgan fingerprint density at radius 1 is 1.25 bits per heavy atom. The largest absolute Gasteiger partial charge is 0.459 e. The van der Waals surface area contributed by atoms with Crippen molar-refractivity contribution in [3.05, 3.63) is 12.2 Å². The molecule has 5 unspecified atom stereocenters. The lowest BCUT2D eigenvalue weighted by Crippen LogP contribution is -2.30. The van der Waals surface area contributed by atoms with Crippen LogP contribution in [0.15, 0.2) is 12.2 Å². The maximum Gasteiger partial charge on any atom is 0.309 e. The van der Waals surface area contributed by atoms with Crippen LogP contribution in [-0.2, 0) is 9.53 Å². The van der Waals surface area contributed by atoms with Crippen LogP contribution in [0.1, 0.15) is 32.1 Å². The summed E-state index contributed by atoms with van der Waals surface area (Å²) >= 11 is 0. The van der Waals surface area contributed by atoms with E-state index in [9.17, 15) is 9.90 Å². The van der Waals surface area contributed by atoms with Crippen LogP contribution < -0.4 is 0 Å². The summed E-state index contributed by atoms with van der Waals surface area (Å²) in [6.07, 6.45) is 8.34. The third-order valence-corrected chi connectivity index (χ3v) is 4.27. The number of hydrogen-bond acceptors (Lipinski definition) is 3. The molecule has 0 aromatic carbocycles. The Balaban J connectivity index is 1.59. The van der Waals surface area contributed by atoms with E-state index in [2.05, 4.69) is 12.2 Å².